The lowest BCUT2D eigenvalue weighted by Gasteiger charge is -2.36. The molecule has 0 saturated carbocycles. The minimum atomic E-state index is -1.09. The summed E-state index contributed by atoms with van der Waals surface area (Å²) in [7, 11) is 0. The zero-order chi connectivity index (χ0) is 26.2. The maximum Gasteiger partial charge on any atom is 0.246 e. The minimum Gasteiger partial charge on any atom is -0.396 e. The molecule has 0 radical (unpaired) electrons. The lowest BCUT2D eigenvalue weighted by molar-refractivity contribution is -0.147. The van der Waals surface area contributed by atoms with Crippen LogP contribution >= 0.6 is 0 Å². The fraction of sp³-hybridized carbons (Fsp3) is 0.483. The van der Waals surface area contributed by atoms with E-state index in [1.54, 1.807) is 0 Å². The summed E-state index contributed by atoms with van der Waals surface area (Å²) in [6.45, 7) is 4.74. The number of hydrogen-bond acceptors (Lipinski definition) is 5. The Bertz CT molecular complexity index is 1160. The standard InChI is InChI=1S/C29H35N3O5/c1-19-16-29-23(22(28(19,2)37-29)25(34)30-17-20-10-5-3-6-11-20)27(36)32(14-9-15-33)24(29)26(35)31-18-21-12-7-4-8-13-21/h3-8,10-13,19,22-24,33H,9,14-18H2,1-2H3,(H,30,34)(H,31,35)/t19?,22-,23+,24?,28+,29?/m1/s1. The smallest absolute Gasteiger partial charge is 0.246 e. The second kappa shape index (κ2) is 9.91. The molecule has 3 unspecified atom stereocenters. The van der Waals surface area contributed by atoms with Crippen molar-refractivity contribution in [1.29, 1.82) is 0 Å². The maximum absolute atomic E-state index is 13.9. The van der Waals surface area contributed by atoms with Crippen molar-refractivity contribution in [2.75, 3.05) is 13.2 Å². The van der Waals surface area contributed by atoms with Crippen LogP contribution in [0.2, 0.25) is 0 Å². The van der Waals surface area contributed by atoms with Crippen molar-refractivity contribution >= 4 is 17.7 Å². The number of nitrogens with zero attached hydrogens (tertiary/aromatic N) is 1. The predicted octanol–water partition coefficient (Wildman–Crippen LogP) is 2.01. The van der Waals surface area contributed by atoms with Crippen LogP contribution in [0.15, 0.2) is 60.7 Å². The molecule has 37 heavy (non-hydrogen) atoms. The van der Waals surface area contributed by atoms with Gasteiger partial charge < -0.3 is 25.4 Å². The van der Waals surface area contributed by atoms with Crippen LogP contribution < -0.4 is 10.6 Å². The Morgan fingerprint density at radius 3 is 2.14 bits per heavy atom. The normalized spacial score (nSPS) is 31.9. The molecule has 2 aromatic carbocycles. The summed E-state index contributed by atoms with van der Waals surface area (Å²) in [5, 5.41) is 15.5. The molecule has 1 spiro atoms. The van der Waals surface area contributed by atoms with Gasteiger partial charge >= 0.3 is 0 Å². The fourth-order valence-electron chi connectivity index (χ4n) is 6.70. The van der Waals surface area contributed by atoms with E-state index in [1.165, 1.54) is 4.90 Å². The van der Waals surface area contributed by atoms with Gasteiger partial charge in [-0.15, -0.1) is 0 Å². The molecule has 0 aliphatic carbocycles. The third kappa shape index (κ3) is 4.22. The summed E-state index contributed by atoms with van der Waals surface area (Å²) in [5.41, 5.74) is -0.0298. The number of carbonyl (C=O) groups excluding carboxylic acids is 3. The van der Waals surface area contributed by atoms with Crippen molar-refractivity contribution in [3.8, 4) is 0 Å². The number of likely N-dealkylation sites (tertiary alicyclic amines) is 1. The Morgan fingerprint density at radius 1 is 1.00 bits per heavy atom. The zero-order valence-electron chi connectivity index (χ0n) is 21.4. The van der Waals surface area contributed by atoms with Gasteiger partial charge in [0, 0.05) is 26.2 Å². The first-order chi connectivity index (χ1) is 17.8. The van der Waals surface area contributed by atoms with Crippen LogP contribution in [0.4, 0.5) is 0 Å². The number of aliphatic hydroxyl groups is 1. The van der Waals surface area contributed by atoms with Gasteiger partial charge in [-0.25, -0.2) is 0 Å². The van der Waals surface area contributed by atoms with Gasteiger partial charge in [-0.05, 0) is 36.8 Å². The number of nitrogens with one attached hydrogen (secondary N) is 2. The molecule has 2 bridgehead atoms. The lowest BCUT2D eigenvalue weighted by atomic mass is 9.62. The highest BCUT2D eigenvalue weighted by molar-refractivity contribution is 5.99. The second-order valence-electron chi connectivity index (χ2n) is 10.7. The van der Waals surface area contributed by atoms with Gasteiger partial charge in [-0.3, -0.25) is 14.4 Å². The number of benzene rings is 2. The third-order valence-corrected chi connectivity index (χ3v) is 8.52. The summed E-state index contributed by atoms with van der Waals surface area (Å²) in [4.78, 5) is 42.8. The summed E-state index contributed by atoms with van der Waals surface area (Å²) >= 11 is 0. The van der Waals surface area contributed by atoms with Gasteiger partial charge in [0.15, 0.2) is 0 Å². The molecule has 3 aliphatic rings. The van der Waals surface area contributed by atoms with Gasteiger partial charge in [0.1, 0.15) is 11.6 Å². The second-order valence-corrected chi connectivity index (χ2v) is 10.7. The SMILES string of the molecule is CC1CC23O[C@]1(C)[C@@H](C(=O)NCc1ccccc1)[C@H]2C(=O)N(CCCO)C3C(=O)NCc1ccccc1. The largest absolute Gasteiger partial charge is 0.396 e. The van der Waals surface area contributed by atoms with Gasteiger partial charge in [-0.1, -0.05) is 67.6 Å². The van der Waals surface area contributed by atoms with Crippen LogP contribution in [0.5, 0.6) is 0 Å². The molecule has 5 rings (SSSR count). The molecule has 8 nitrogen and oxygen atoms in total. The fourth-order valence-corrected chi connectivity index (χ4v) is 6.70. The van der Waals surface area contributed by atoms with Gasteiger partial charge in [0.05, 0.1) is 17.4 Å². The molecule has 196 valence electrons. The zero-order valence-corrected chi connectivity index (χ0v) is 21.4. The number of amides is 3. The molecule has 3 heterocycles. The Kier molecular flexibility index (Phi) is 6.81. The summed E-state index contributed by atoms with van der Waals surface area (Å²) < 4.78 is 6.69. The van der Waals surface area contributed by atoms with Crippen molar-refractivity contribution < 1.29 is 24.2 Å². The topological polar surface area (TPSA) is 108 Å². The first-order valence-electron chi connectivity index (χ1n) is 13.1. The molecule has 3 amide bonds. The van der Waals surface area contributed by atoms with E-state index < -0.39 is 29.1 Å². The highest BCUT2D eigenvalue weighted by Gasteiger charge is 2.79. The maximum atomic E-state index is 13.9. The molecule has 3 saturated heterocycles. The van der Waals surface area contributed by atoms with E-state index in [2.05, 4.69) is 10.6 Å². The minimum absolute atomic E-state index is 0.0220. The van der Waals surface area contributed by atoms with Crippen molar-refractivity contribution in [3.05, 3.63) is 71.8 Å². The Morgan fingerprint density at radius 2 is 1.57 bits per heavy atom. The lowest BCUT2D eigenvalue weighted by Crippen LogP contribution is -2.55. The summed E-state index contributed by atoms with van der Waals surface area (Å²) in [6, 6.07) is 18.4. The number of hydrogen-bond donors (Lipinski definition) is 3. The molecule has 6 atom stereocenters. The first-order valence-corrected chi connectivity index (χ1v) is 13.1. The number of fused-ring (bicyclic) bond motifs is 1. The molecule has 2 aromatic rings. The average molecular weight is 506 g/mol. The molecule has 3 fully saturated rings. The summed E-state index contributed by atoms with van der Waals surface area (Å²) in [5.74, 6) is -2.26. The van der Waals surface area contributed by atoms with Gasteiger partial charge in [0.2, 0.25) is 17.7 Å². The number of ether oxygens (including phenoxy) is 1. The average Bonchev–Trinajstić information content (AvgIpc) is 3.42. The monoisotopic (exact) mass is 505 g/mol. The van der Waals surface area contributed by atoms with Crippen molar-refractivity contribution in [2.24, 2.45) is 17.8 Å². The van der Waals surface area contributed by atoms with Crippen molar-refractivity contribution in [3.63, 3.8) is 0 Å². The van der Waals surface area contributed by atoms with Crippen LogP contribution in [0.25, 0.3) is 0 Å². The van der Waals surface area contributed by atoms with E-state index >= 15 is 0 Å². The Balaban J connectivity index is 1.44. The number of aliphatic hydroxyl groups excluding tert-OH is 1. The van der Waals surface area contributed by atoms with Crippen LogP contribution in [0.3, 0.4) is 0 Å². The van der Waals surface area contributed by atoms with E-state index in [4.69, 9.17) is 4.74 Å². The molecule has 3 aliphatic heterocycles. The van der Waals surface area contributed by atoms with Gasteiger partial charge in [0.25, 0.3) is 0 Å². The molecule has 8 heteroatoms. The highest BCUT2D eigenvalue weighted by atomic mass is 16.5. The molecule has 3 N–H and O–H groups in total. The van der Waals surface area contributed by atoms with Crippen molar-refractivity contribution in [1.82, 2.24) is 15.5 Å². The Hall–Kier alpha value is -3.23. The summed E-state index contributed by atoms with van der Waals surface area (Å²) in [6.07, 6.45) is 0.857. The molecular weight excluding hydrogens is 470 g/mol. The van der Waals surface area contributed by atoms with E-state index in [9.17, 15) is 19.5 Å². The van der Waals surface area contributed by atoms with Crippen LogP contribution in [0, 0.1) is 17.8 Å². The van der Waals surface area contributed by atoms with E-state index in [1.807, 2.05) is 74.5 Å². The van der Waals surface area contributed by atoms with E-state index in [0.717, 1.165) is 11.1 Å². The first kappa shape index (κ1) is 25.4. The number of rotatable bonds is 9. The van der Waals surface area contributed by atoms with Crippen LogP contribution in [0.1, 0.15) is 37.8 Å². The Labute approximate surface area is 217 Å². The number of carbonyl (C=O) groups is 3. The van der Waals surface area contributed by atoms with Gasteiger partial charge in [-0.2, -0.15) is 0 Å². The predicted molar refractivity (Wildman–Crippen MR) is 137 cm³/mol. The van der Waals surface area contributed by atoms with Crippen molar-refractivity contribution in [2.45, 2.75) is 57.0 Å². The van der Waals surface area contributed by atoms with Crippen LogP contribution in [-0.4, -0.2) is 58.1 Å². The molecule has 0 aromatic heterocycles. The van der Waals surface area contributed by atoms with E-state index in [0.29, 0.717) is 25.9 Å². The third-order valence-electron chi connectivity index (χ3n) is 8.52. The quantitative estimate of drug-likeness (QED) is 0.483. The highest BCUT2D eigenvalue weighted by Crippen LogP contribution is 2.65. The molecular formula is C29H35N3O5. The van der Waals surface area contributed by atoms with E-state index in [-0.39, 0.29) is 36.8 Å². The van der Waals surface area contributed by atoms with Crippen LogP contribution in [-0.2, 0) is 32.2 Å².